The first kappa shape index (κ1) is 19.2. The molecule has 0 unspecified atom stereocenters. The molecule has 0 fully saturated rings. The minimum atomic E-state index is -0.777. The molecule has 7 nitrogen and oxygen atoms in total. The monoisotopic (exact) mass is 378 g/mol. The molecule has 28 heavy (non-hydrogen) atoms. The molecule has 144 valence electrons. The Bertz CT molecular complexity index is 981. The van der Waals surface area contributed by atoms with Crippen LogP contribution in [0.15, 0.2) is 60.8 Å². The van der Waals surface area contributed by atoms with Crippen molar-refractivity contribution in [1.82, 2.24) is 15.6 Å². The van der Waals surface area contributed by atoms with Crippen LogP contribution in [0.4, 0.5) is 5.69 Å². The number of benzene rings is 2. The van der Waals surface area contributed by atoms with Crippen LogP contribution in [0.1, 0.15) is 12.5 Å². The van der Waals surface area contributed by atoms with Crippen molar-refractivity contribution in [1.29, 1.82) is 0 Å². The van der Waals surface area contributed by atoms with Crippen LogP contribution >= 0.6 is 0 Å². The van der Waals surface area contributed by atoms with Gasteiger partial charge in [-0.25, -0.2) is 0 Å². The number of aromatic amines is 1. The molecule has 2 aromatic carbocycles. The van der Waals surface area contributed by atoms with Crippen molar-refractivity contribution in [2.45, 2.75) is 19.4 Å². The lowest BCUT2D eigenvalue weighted by molar-refractivity contribution is -0.129. The topological polar surface area (TPSA) is 103 Å². The fraction of sp³-hybridized carbons (Fsp3) is 0.190. The maximum atomic E-state index is 12.6. The van der Waals surface area contributed by atoms with E-state index in [-0.39, 0.29) is 18.4 Å². The van der Waals surface area contributed by atoms with Gasteiger partial charge in [-0.15, -0.1) is 0 Å². The Kier molecular flexibility index (Phi) is 6.06. The Morgan fingerprint density at radius 2 is 1.71 bits per heavy atom. The van der Waals surface area contributed by atoms with E-state index in [9.17, 15) is 14.4 Å². The Morgan fingerprint density at radius 1 is 1.00 bits per heavy atom. The van der Waals surface area contributed by atoms with E-state index in [1.54, 1.807) is 12.1 Å². The summed E-state index contributed by atoms with van der Waals surface area (Å²) < 4.78 is 0. The maximum absolute atomic E-state index is 12.6. The van der Waals surface area contributed by atoms with E-state index >= 15 is 0 Å². The number of anilines is 1. The minimum absolute atomic E-state index is 0.183. The molecule has 1 aromatic heterocycles. The number of H-pyrrole nitrogens is 1. The predicted molar refractivity (Wildman–Crippen MR) is 108 cm³/mol. The Labute approximate surface area is 162 Å². The predicted octanol–water partition coefficient (Wildman–Crippen LogP) is 1.97. The molecular weight excluding hydrogens is 356 g/mol. The zero-order chi connectivity index (χ0) is 19.9. The highest BCUT2D eigenvalue weighted by atomic mass is 16.2. The summed E-state index contributed by atoms with van der Waals surface area (Å²) in [7, 11) is 0. The van der Waals surface area contributed by atoms with Crippen molar-refractivity contribution in [3.05, 3.63) is 66.4 Å². The molecule has 3 amide bonds. The third-order valence-electron chi connectivity index (χ3n) is 4.27. The molecule has 0 aliphatic rings. The summed E-state index contributed by atoms with van der Waals surface area (Å²) in [6.07, 6.45) is 2.14. The van der Waals surface area contributed by atoms with E-state index in [2.05, 4.69) is 20.9 Å². The SMILES string of the molecule is CC(=O)N[C@H](Cc1c[nH]c2ccccc12)C(=O)NCC(=O)Nc1ccccc1. The molecule has 1 atom stereocenters. The molecule has 0 aliphatic carbocycles. The standard InChI is InChI=1S/C21H22N4O3/c1-14(26)24-19(11-15-12-22-18-10-6-5-9-17(15)18)21(28)23-13-20(27)25-16-7-3-2-4-8-16/h2-10,12,19,22H,11,13H2,1H3,(H,23,28)(H,24,26)(H,25,27)/t19-/m1/s1. The van der Waals surface area contributed by atoms with Crippen LogP contribution in [-0.2, 0) is 20.8 Å². The first-order valence-corrected chi connectivity index (χ1v) is 8.97. The number of fused-ring (bicyclic) bond motifs is 1. The molecule has 0 bridgehead atoms. The lowest BCUT2D eigenvalue weighted by Crippen LogP contribution is -2.49. The Morgan fingerprint density at radius 3 is 2.46 bits per heavy atom. The lowest BCUT2D eigenvalue weighted by atomic mass is 10.0. The van der Waals surface area contributed by atoms with Crippen LogP contribution in [0.2, 0.25) is 0 Å². The van der Waals surface area contributed by atoms with Crippen LogP contribution in [0, 0.1) is 0 Å². The van der Waals surface area contributed by atoms with Gasteiger partial charge in [-0.3, -0.25) is 14.4 Å². The van der Waals surface area contributed by atoms with Crippen LogP contribution in [0.5, 0.6) is 0 Å². The molecule has 0 saturated carbocycles. The van der Waals surface area contributed by atoms with Crippen LogP contribution in [-0.4, -0.2) is 35.3 Å². The third kappa shape index (κ3) is 4.97. The highest BCUT2D eigenvalue weighted by Gasteiger charge is 2.22. The van der Waals surface area contributed by atoms with Gasteiger partial charge in [-0.2, -0.15) is 0 Å². The number of hydrogen-bond donors (Lipinski definition) is 4. The molecule has 1 heterocycles. The van der Waals surface area contributed by atoms with Crippen molar-refractivity contribution >= 4 is 34.3 Å². The average molecular weight is 378 g/mol. The zero-order valence-corrected chi connectivity index (χ0v) is 15.5. The fourth-order valence-electron chi connectivity index (χ4n) is 2.99. The van der Waals surface area contributed by atoms with E-state index in [0.29, 0.717) is 12.1 Å². The number of carbonyl (C=O) groups is 3. The minimum Gasteiger partial charge on any atom is -0.361 e. The first-order chi connectivity index (χ1) is 13.5. The summed E-state index contributed by atoms with van der Waals surface area (Å²) in [6.45, 7) is 1.18. The lowest BCUT2D eigenvalue weighted by Gasteiger charge is -2.17. The van der Waals surface area contributed by atoms with Gasteiger partial charge < -0.3 is 20.9 Å². The smallest absolute Gasteiger partial charge is 0.243 e. The second-order valence-corrected chi connectivity index (χ2v) is 6.45. The van der Waals surface area contributed by atoms with Crippen LogP contribution < -0.4 is 16.0 Å². The molecule has 0 radical (unpaired) electrons. The van der Waals surface area contributed by atoms with Gasteiger partial charge in [0, 0.05) is 36.1 Å². The molecule has 3 rings (SSSR count). The Balaban J connectivity index is 1.63. The molecular formula is C21H22N4O3. The zero-order valence-electron chi connectivity index (χ0n) is 15.5. The highest BCUT2D eigenvalue weighted by molar-refractivity contribution is 5.96. The summed E-state index contributed by atoms with van der Waals surface area (Å²) in [5, 5.41) is 8.95. The van der Waals surface area contributed by atoms with Gasteiger partial charge in [0.1, 0.15) is 6.04 Å². The number of aromatic nitrogens is 1. The maximum Gasteiger partial charge on any atom is 0.243 e. The second-order valence-electron chi connectivity index (χ2n) is 6.45. The average Bonchev–Trinajstić information content (AvgIpc) is 3.09. The van der Waals surface area contributed by atoms with Gasteiger partial charge in [-0.1, -0.05) is 36.4 Å². The third-order valence-corrected chi connectivity index (χ3v) is 4.27. The summed E-state index contributed by atoms with van der Waals surface area (Å²) in [4.78, 5) is 39.3. The molecule has 7 heteroatoms. The molecule has 0 aliphatic heterocycles. The van der Waals surface area contributed by atoms with E-state index in [1.807, 2.05) is 48.7 Å². The summed E-state index contributed by atoms with van der Waals surface area (Å²) in [6, 6.07) is 15.9. The molecule has 0 saturated heterocycles. The van der Waals surface area contributed by atoms with E-state index in [0.717, 1.165) is 16.5 Å². The number of carbonyl (C=O) groups excluding carboxylic acids is 3. The van der Waals surface area contributed by atoms with E-state index in [1.165, 1.54) is 6.92 Å². The number of para-hydroxylation sites is 2. The van der Waals surface area contributed by atoms with Gasteiger partial charge in [0.15, 0.2) is 0 Å². The van der Waals surface area contributed by atoms with Gasteiger partial charge in [0.2, 0.25) is 17.7 Å². The van der Waals surface area contributed by atoms with Crippen molar-refractivity contribution in [2.24, 2.45) is 0 Å². The molecule has 3 aromatic rings. The van der Waals surface area contributed by atoms with Gasteiger partial charge in [0.05, 0.1) is 6.54 Å². The summed E-state index contributed by atoms with van der Waals surface area (Å²) in [5.41, 5.74) is 2.53. The molecule has 0 spiro atoms. The number of nitrogens with one attached hydrogen (secondary N) is 4. The van der Waals surface area contributed by atoms with E-state index in [4.69, 9.17) is 0 Å². The van der Waals surface area contributed by atoms with Crippen LogP contribution in [0.3, 0.4) is 0 Å². The summed E-state index contributed by atoms with van der Waals surface area (Å²) >= 11 is 0. The van der Waals surface area contributed by atoms with Gasteiger partial charge in [-0.05, 0) is 23.8 Å². The largest absolute Gasteiger partial charge is 0.361 e. The second kappa shape index (κ2) is 8.85. The highest BCUT2D eigenvalue weighted by Crippen LogP contribution is 2.19. The van der Waals surface area contributed by atoms with Crippen molar-refractivity contribution in [2.75, 3.05) is 11.9 Å². The van der Waals surface area contributed by atoms with Crippen molar-refractivity contribution in [3.8, 4) is 0 Å². The Hall–Kier alpha value is -3.61. The number of hydrogen-bond acceptors (Lipinski definition) is 3. The van der Waals surface area contributed by atoms with Gasteiger partial charge >= 0.3 is 0 Å². The van der Waals surface area contributed by atoms with Crippen molar-refractivity contribution < 1.29 is 14.4 Å². The van der Waals surface area contributed by atoms with E-state index < -0.39 is 11.9 Å². The van der Waals surface area contributed by atoms with Gasteiger partial charge in [0.25, 0.3) is 0 Å². The fourth-order valence-corrected chi connectivity index (χ4v) is 2.99. The number of rotatable bonds is 7. The molecule has 4 N–H and O–H groups in total. The number of amides is 3. The summed E-state index contributed by atoms with van der Waals surface area (Å²) in [5.74, 6) is -1.06. The van der Waals surface area contributed by atoms with Crippen LogP contribution in [0.25, 0.3) is 10.9 Å². The quantitative estimate of drug-likeness (QED) is 0.505. The van der Waals surface area contributed by atoms with Crippen molar-refractivity contribution in [3.63, 3.8) is 0 Å². The normalized spacial score (nSPS) is 11.6. The first-order valence-electron chi connectivity index (χ1n) is 8.97.